The van der Waals surface area contributed by atoms with E-state index in [9.17, 15) is 39.3 Å². The molecule has 0 saturated carbocycles. The predicted octanol–water partition coefficient (Wildman–Crippen LogP) is -7.03. The molecular formula is C37H65N3O23. The lowest BCUT2D eigenvalue weighted by atomic mass is 10.2. The predicted molar refractivity (Wildman–Crippen MR) is 210 cm³/mol. The van der Waals surface area contributed by atoms with Crippen molar-refractivity contribution in [3.8, 4) is 0 Å². The zero-order valence-electron chi connectivity index (χ0n) is 34.9. The molecule has 0 aromatic rings. The molecule has 0 radical (unpaired) electrons. The highest BCUT2D eigenvalue weighted by molar-refractivity contribution is 6.13. The number of imide groups is 2. The summed E-state index contributed by atoms with van der Waals surface area (Å²) in [4.78, 5) is 56.8. The normalized spacial score (nSPS) is 16.6. The van der Waals surface area contributed by atoms with Crippen LogP contribution >= 0.6 is 0 Å². The molecule has 2 aliphatic rings. The SMILES string of the molecule is NCCN1C(=O)C=CC1=O.O=C1C=CC(=O)N1CCCCCOC(CO)OC(CO)COC(CO)OC(CO)CO.O=CCOC(CO)OC(CO)COC(CO)OC(CO)CO. The molecule has 26 heteroatoms. The van der Waals surface area contributed by atoms with E-state index in [1.165, 1.54) is 29.2 Å². The van der Waals surface area contributed by atoms with Crippen molar-refractivity contribution < 1.29 is 113 Å². The summed E-state index contributed by atoms with van der Waals surface area (Å²) in [5.41, 5.74) is 5.16. The van der Waals surface area contributed by atoms with E-state index in [0.29, 0.717) is 45.2 Å². The van der Waals surface area contributed by atoms with Gasteiger partial charge in [0.25, 0.3) is 23.6 Å². The number of amides is 4. The number of unbranched alkanes of at least 4 members (excludes halogenated alkanes) is 2. The third-order valence-electron chi connectivity index (χ3n) is 7.96. The minimum Gasteiger partial charge on any atom is -0.394 e. The fraction of sp³-hybridized carbons (Fsp3) is 0.757. The Balaban J connectivity index is 0.00000104. The van der Waals surface area contributed by atoms with Gasteiger partial charge >= 0.3 is 0 Å². The number of carbonyl (C=O) groups is 5. The molecule has 2 aliphatic heterocycles. The summed E-state index contributed by atoms with van der Waals surface area (Å²) in [6, 6.07) is 0. The quantitative estimate of drug-likeness (QED) is 0.0120. The van der Waals surface area contributed by atoms with Crippen molar-refractivity contribution in [3.63, 3.8) is 0 Å². The molecule has 0 aromatic heterocycles. The van der Waals surface area contributed by atoms with Gasteiger partial charge in [-0.05, 0) is 19.3 Å². The first kappa shape index (κ1) is 59.7. The molecule has 0 aromatic carbocycles. The monoisotopic (exact) mass is 919 g/mol. The van der Waals surface area contributed by atoms with Gasteiger partial charge in [0.15, 0.2) is 25.2 Å². The van der Waals surface area contributed by atoms with Crippen molar-refractivity contribution in [3.05, 3.63) is 24.3 Å². The van der Waals surface area contributed by atoms with Crippen LogP contribution in [0.25, 0.3) is 0 Å². The Morgan fingerprint density at radius 3 is 1.16 bits per heavy atom. The van der Waals surface area contributed by atoms with E-state index in [0.717, 1.165) is 4.90 Å². The summed E-state index contributed by atoms with van der Waals surface area (Å²) in [7, 11) is 0. The maximum absolute atomic E-state index is 11.4. The number of rotatable bonds is 36. The first-order chi connectivity index (χ1) is 30.4. The largest absolute Gasteiger partial charge is 0.394 e. The molecule has 6 atom stereocenters. The standard InChI is InChI=1S/C19H33NO11.C12H24O10.C6H8N2O2/c21-8-14(9-22)30-19(12-25)29-13-15(10-23)31-18(11-24)28-7-3-1-2-6-20-16(26)4-5-17(20)27;13-1-2-19-11(6-17)22-10(5-16)8-20-12(7-18)21-9(3-14)4-15;7-3-4-8-5(9)1-2-6(8)10/h4-5,14-15,18-19,21-25H,1-3,6-13H2;1,9-12,14-18H,2-8H2;1-2H,3-4,7H2. The van der Waals surface area contributed by atoms with E-state index >= 15 is 0 Å². The van der Waals surface area contributed by atoms with E-state index in [-0.39, 0.29) is 50.1 Å². The van der Waals surface area contributed by atoms with E-state index in [1.807, 2.05) is 0 Å². The zero-order chi connectivity index (χ0) is 47.4. The topological polar surface area (TPSA) is 394 Å². The van der Waals surface area contributed by atoms with Crippen molar-refractivity contribution in [2.45, 2.75) is 68.8 Å². The summed E-state index contributed by atoms with van der Waals surface area (Å²) in [6.45, 7) is -4.31. The van der Waals surface area contributed by atoms with Crippen LogP contribution in [0.2, 0.25) is 0 Å². The van der Waals surface area contributed by atoms with Gasteiger partial charge in [0.1, 0.15) is 37.3 Å². The van der Waals surface area contributed by atoms with Gasteiger partial charge in [-0.25, -0.2) is 0 Å². The number of nitrogens with two attached hydrogens (primary N) is 1. The van der Waals surface area contributed by atoms with Gasteiger partial charge in [-0.3, -0.25) is 29.0 Å². The van der Waals surface area contributed by atoms with Crippen LogP contribution in [0.3, 0.4) is 0 Å². The third-order valence-corrected chi connectivity index (χ3v) is 7.96. The number of hydrogen-bond donors (Lipinski definition) is 11. The van der Waals surface area contributed by atoms with Crippen LogP contribution < -0.4 is 5.73 Å². The van der Waals surface area contributed by atoms with Crippen LogP contribution in [0.4, 0.5) is 0 Å². The van der Waals surface area contributed by atoms with Gasteiger partial charge in [0.2, 0.25) is 0 Å². The highest BCUT2D eigenvalue weighted by Gasteiger charge is 2.25. The van der Waals surface area contributed by atoms with Crippen LogP contribution in [0.1, 0.15) is 19.3 Å². The number of carbonyl (C=O) groups excluding carboxylic acids is 5. The third kappa shape index (κ3) is 26.3. The van der Waals surface area contributed by atoms with Crippen molar-refractivity contribution in [1.82, 2.24) is 9.80 Å². The van der Waals surface area contributed by atoms with Crippen LogP contribution in [-0.4, -0.2) is 252 Å². The Hall–Kier alpha value is -3.33. The van der Waals surface area contributed by atoms with Gasteiger partial charge in [0, 0.05) is 50.5 Å². The molecule has 26 nitrogen and oxygen atoms in total. The summed E-state index contributed by atoms with van der Waals surface area (Å²) in [5, 5.41) is 91.0. The summed E-state index contributed by atoms with van der Waals surface area (Å²) < 4.78 is 41.5. The Labute approximate surface area is 363 Å². The first-order valence-corrected chi connectivity index (χ1v) is 19.8. The minimum atomic E-state index is -1.14. The number of ether oxygens (including phenoxy) is 8. The van der Waals surface area contributed by atoms with Crippen molar-refractivity contribution in [1.29, 1.82) is 0 Å². The number of aliphatic hydroxyl groups is 10. The molecule has 0 saturated heterocycles. The maximum atomic E-state index is 11.4. The van der Waals surface area contributed by atoms with Gasteiger partial charge in [-0.1, -0.05) is 0 Å². The number of aliphatic hydroxyl groups excluding tert-OH is 10. The van der Waals surface area contributed by atoms with E-state index < -0.39 is 116 Å². The van der Waals surface area contributed by atoms with Gasteiger partial charge in [-0.15, -0.1) is 0 Å². The van der Waals surface area contributed by atoms with Crippen molar-refractivity contribution in [2.75, 3.05) is 112 Å². The molecule has 0 fully saturated rings. The van der Waals surface area contributed by atoms with Gasteiger partial charge in [-0.2, -0.15) is 0 Å². The van der Waals surface area contributed by atoms with Crippen LogP contribution in [0.5, 0.6) is 0 Å². The highest BCUT2D eigenvalue weighted by atomic mass is 16.7. The highest BCUT2D eigenvalue weighted by Crippen LogP contribution is 2.10. The minimum absolute atomic E-state index is 0.197. The molecule has 0 spiro atoms. The van der Waals surface area contributed by atoms with E-state index in [4.69, 9.17) is 79.4 Å². The van der Waals surface area contributed by atoms with Crippen LogP contribution in [0.15, 0.2) is 24.3 Å². The second-order valence-corrected chi connectivity index (χ2v) is 12.8. The molecule has 12 N–H and O–H groups in total. The number of aldehydes is 1. The number of nitrogens with zero attached hydrogens (tertiary/aromatic N) is 2. The molecular weight excluding hydrogens is 854 g/mol. The van der Waals surface area contributed by atoms with E-state index in [2.05, 4.69) is 0 Å². The zero-order valence-corrected chi connectivity index (χ0v) is 34.9. The Bertz CT molecular complexity index is 1250. The second kappa shape index (κ2) is 38.0. The van der Waals surface area contributed by atoms with Crippen LogP contribution in [0, 0.1) is 0 Å². The second-order valence-electron chi connectivity index (χ2n) is 12.8. The fourth-order valence-electron chi connectivity index (χ4n) is 4.73. The van der Waals surface area contributed by atoms with Crippen molar-refractivity contribution >= 4 is 29.9 Å². The smallest absolute Gasteiger partial charge is 0.253 e. The molecule has 63 heavy (non-hydrogen) atoms. The summed E-state index contributed by atoms with van der Waals surface area (Å²) >= 11 is 0. The first-order valence-electron chi connectivity index (χ1n) is 19.8. The average Bonchev–Trinajstić information content (AvgIpc) is 3.80. The lowest BCUT2D eigenvalue weighted by molar-refractivity contribution is -0.240. The Morgan fingerprint density at radius 2 is 0.810 bits per heavy atom. The van der Waals surface area contributed by atoms with Gasteiger partial charge < -0.3 is 99.5 Å². The molecule has 0 aliphatic carbocycles. The maximum Gasteiger partial charge on any atom is 0.253 e. The average molecular weight is 920 g/mol. The molecule has 366 valence electrons. The molecule has 2 heterocycles. The van der Waals surface area contributed by atoms with Crippen molar-refractivity contribution in [2.24, 2.45) is 5.73 Å². The summed E-state index contributed by atoms with van der Waals surface area (Å²) in [6.07, 6.45) is -0.636. The number of hydrogen-bond acceptors (Lipinski definition) is 24. The lowest BCUT2D eigenvalue weighted by Gasteiger charge is -2.25. The van der Waals surface area contributed by atoms with Gasteiger partial charge in [0.05, 0.1) is 79.3 Å². The van der Waals surface area contributed by atoms with Crippen LogP contribution in [-0.2, 0) is 61.9 Å². The van der Waals surface area contributed by atoms with E-state index in [1.54, 1.807) is 0 Å². The Morgan fingerprint density at radius 1 is 0.460 bits per heavy atom. The fourth-order valence-corrected chi connectivity index (χ4v) is 4.73. The summed E-state index contributed by atoms with van der Waals surface area (Å²) in [5.74, 6) is -1.17. The molecule has 2 rings (SSSR count). The molecule has 4 amide bonds. The Kier molecular flexibility index (Phi) is 36.0. The molecule has 6 unspecified atom stereocenters. The lowest BCUT2D eigenvalue weighted by Crippen LogP contribution is -2.37. The molecule has 0 bridgehead atoms.